The number of aryl methyl sites for hydroxylation is 1. The first-order valence-electron chi connectivity index (χ1n) is 8.42. The van der Waals surface area contributed by atoms with Gasteiger partial charge < -0.3 is 10.1 Å². The second kappa shape index (κ2) is 7.14. The molecule has 0 saturated heterocycles. The van der Waals surface area contributed by atoms with E-state index in [1.165, 1.54) is 16.7 Å². The van der Waals surface area contributed by atoms with Gasteiger partial charge in [-0.2, -0.15) is 0 Å². The summed E-state index contributed by atoms with van der Waals surface area (Å²) in [6, 6.07) is 18.4. The summed E-state index contributed by atoms with van der Waals surface area (Å²) < 4.78 is 5.22. The van der Waals surface area contributed by atoms with Crippen molar-refractivity contribution in [2.45, 2.75) is 13.5 Å². The average molecular weight is 361 g/mol. The molecule has 0 fully saturated rings. The first kappa shape index (κ1) is 16.5. The SMILES string of the molecule is COc1ccc(CNc2nc(C)nc3scc(-c4ccccc4)c23)cc1. The number of nitrogens with one attached hydrogen (secondary N) is 1. The molecular formula is C21H19N3OS. The Morgan fingerprint density at radius 1 is 1.00 bits per heavy atom. The highest BCUT2D eigenvalue weighted by molar-refractivity contribution is 7.17. The van der Waals surface area contributed by atoms with E-state index in [9.17, 15) is 0 Å². The largest absolute Gasteiger partial charge is 0.497 e. The molecule has 0 aliphatic heterocycles. The maximum absolute atomic E-state index is 5.22. The number of anilines is 1. The summed E-state index contributed by atoms with van der Waals surface area (Å²) in [6.45, 7) is 2.62. The molecule has 5 heteroatoms. The van der Waals surface area contributed by atoms with Gasteiger partial charge in [-0.25, -0.2) is 9.97 Å². The van der Waals surface area contributed by atoms with Crippen LogP contribution < -0.4 is 10.1 Å². The van der Waals surface area contributed by atoms with E-state index in [1.54, 1.807) is 18.4 Å². The van der Waals surface area contributed by atoms with Crippen LogP contribution in [0, 0.1) is 6.92 Å². The number of fused-ring (bicyclic) bond motifs is 1. The highest BCUT2D eigenvalue weighted by Gasteiger charge is 2.14. The maximum atomic E-state index is 5.22. The summed E-state index contributed by atoms with van der Waals surface area (Å²) >= 11 is 1.66. The van der Waals surface area contributed by atoms with Crippen molar-refractivity contribution in [3.05, 3.63) is 71.4 Å². The molecule has 130 valence electrons. The van der Waals surface area contributed by atoms with Gasteiger partial charge in [-0.3, -0.25) is 0 Å². The fourth-order valence-corrected chi connectivity index (χ4v) is 3.93. The van der Waals surface area contributed by atoms with E-state index in [-0.39, 0.29) is 0 Å². The van der Waals surface area contributed by atoms with Crippen LogP contribution in [0.4, 0.5) is 5.82 Å². The Hall–Kier alpha value is -2.92. The number of rotatable bonds is 5. The Morgan fingerprint density at radius 3 is 2.50 bits per heavy atom. The van der Waals surface area contributed by atoms with Crippen molar-refractivity contribution in [3.63, 3.8) is 0 Å². The Bertz CT molecular complexity index is 1030. The van der Waals surface area contributed by atoms with Crippen molar-refractivity contribution in [1.82, 2.24) is 9.97 Å². The van der Waals surface area contributed by atoms with E-state index in [0.29, 0.717) is 6.54 Å². The van der Waals surface area contributed by atoms with E-state index in [0.717, 1.165) is 27.6 Å². The lowest BCUT2D eigenvalue weighted by Gasteiger charge is -2.10. The number of thiophene rings is 1. The summed E-state index contributed by atoms with van der Waals surface area (Å²) in [7, 11) is 1.68. The van der Waals surface area contributed by atoms with Crippen molar-refractivity contribution in [2.24, 2.45) is 0 Å². The molecule has 0 saturated carbocycles. The van der Waals surface area contributed by atoms with Crippen LogP contribution in [0.25, 0.3) is 21.3 Å². The Kier molecular flexibility index (Phi) is 4.54. The van der Waals surface area contributed by atoms with Crippen LogP contribution in [-0.2, 0) is 6.54 Å². The smallest absolute Gasteiger partial charge is 0.139 e. The van der Waals surface area contributed by atoms with Crippen LogP contribution in [0.1, 0.15) is 11.4 Å². The van der Waals surface area contributed by atoms with Crippen molar-refractivity contribution >= 4 is 27.4 Å². The topological polar surface area (TPSA) is 47.0 Å². The minimum absolute atomic E-state index is 0.694. The lowest BCUT2D eigenvalue weighted by Crippen LogP contribution is -2.04. The molecule has 2 heterocycles. The van der Waals surface area contributed by atoms with Crippen LogP contribution in [0.5, 0.6) is 5.75 Å². The zero-order valence-electron chi connectivity index (χ0n) is 14.7. The standard InChI is InChI=1S/C21H19N3OS/c1-14-23-20(22-12-15-8-10-17(25-2)11-9-15)19-18(13-26-21(19)24-14)16-6-4-3-5-7-16/h3-11,13H,12H2,1-2H3,(H,22,23,24). The first-order chi connectivity index (χ1) is 12.7. The molecule has 0 spiro atoms. The van der Waals surface area contributed by atoms with Gasteiger partial charge >= 0.3 is 0 Å². The molecule has 2 aromatic carbocycles. The van der Waals surface area contributed by atoms with Crippen molar-refractivity contribution in [1.29, 1.82) is 0 Å². The number of benzene rings is 2. The molecule has 4 rings (SSSR count). The van der Waals surface area contributed by atoms with E-state index in [1.807, 2.05) is 25.1 Å². The quantitative estimate of drug-likeness (QED) is 0.525. The number of hydrogen-bond acceptors (Lipinski definition) is 5. The van der Waals surface area contributed by atoms with E-state index >= 15 is 0 Å². The van der Waals surface area contributed by atoms with Crippen LogP contribution in [0.2, 0.25) is 0 Å². The molecule has 0 radical (unpaired) electrons. The molecule has 4 nitrogen and oxygen atoms in total. The third-order valence-electron chi connectivity index (χ3n) is 4.25. The number of hydrogen-bond donors (Lipinski definition) is 1. The molecule has 2 aromatic heterocycles. The van der Waals surface area contributed by atoms with Gasteiger partial charge in [-0.15, -0.1) is 11.3 Å². The molecule has 0 atom stereocenters. The van der Waals surface area contributed by atoms with E-state index in [4.69, 9.17) is 4.74 Å². The molecule has 0 aliphatic rings. The van der Waals surface area contributed by atoms with Crippen LogP contribution in [-0.4, -0.2) is 17.1 Å². The molecule has 4 aromatic rings. The fourth-order valence-electron chi connectivity index (χ4n) is 2.94. The van der Waals surface area contributed by atoms with Gasteiger partial charge in [0.15, 0.2) is 0 Å². The summed E-state index contributed by atoms with van der Waals surface area (Å²) in [4.78, 5) is 10.3. The van der Waals surface area contributed by atoms with Gasteiger partial charge in [0.1, 0.15) is 22.2 Å². The van der Waals surface area contributed by atoms with Crippen molar-refractivity contribution < 1.29 is 4.74 Å². The molecule has 0 bridgehead atoms. The summed E-state index contributed by atoms with van der Waals surface area (Å²) in [5, 5.41) is 6.74. The fraction of sp³-hybridized carbons (Fsp3) is 0.143. The lowest BCUT2D eigenvalue weighted by molar-refractivity contribution is 0.414. The van der Waals surface area contributed by atoms with Gasteiger partial charge in [0, 0.05) is 17.5 Å². The summed E-state index contributed by atoms with van der Waals surface area (Å²) in [5.41, 5.74) is 3.52. The second-order valence-corrected chi connectivity index (χ2v) is 6.87. The Balaban J connectivity index is 1.70. The number of methoxy groups -OCH3 is 1. The van der Waals surface area contributed by atoms with Gasteiger partial charge in [-0.05, 0) is 30.2 Å². The van der Waals surface area contributed by atoms with Gasteiger partial charge in [0.25, 0.3) is 0 Å². The van der Waals surface area contributed by atoms with Crippen molar-refractivity contribution in [3.8, 4) is 16.9 Å². The predicted octanol–water partition coefficient (Wildman–Crippen LogP) is 5.29. The number of nitrogens with zero attached hydrogens (tertiary/aromatic N) is 2. The molecule has 0 amide bonds. The lowest BCUT2D eigenvalue weighted by atomic mass is 10.1. The van der Waals surface area contributed by atoms with Crippen LogP contribution >= 0.6 is 11.3 Å². The minimum Gasteiger partial charge on any atom is -0.497 e. The first-order valence-corrected chi connectivity index (χ1v) is 9.30. The maximum Gasteiger partial charge on any atom is 0.139 e. The molecule has 26 heavy (non-hydrogen) atoms. The van der Waals surface area contributed by atoms with Gasteiger partial charge in [0.2, 0.25) is 0 Å². The zero-order valence-corrected chi connectivity index (χ0v) is 15.5. The monoisotopic (exact) mass is 361 g/mol. The zero-order chi connectivity index (χ0) is 17.9. The van der Waals surface area contributed by atoms with Crippen molar-refractivity contribution in [2.75, 3.05) is 12.4 Å². The van der Waals surface area contributed by atoms with Crippen LogP contribution in [0.15, 0.2) is 60.0 Å². The molecular weight excluding hydrogens is 342 g/mol. The Labute approximate surface area is 156 Å². The number of aromatic nitrogens is 2. The van der Waals surface area contributed by atoms with Gasteiger partial charge in [0.05, 0.1) is 12.5 Å². The van der Waals surface area contributed by atoms with Crippen LogP contribution in [0.3, 0.4) is 0 Å². The highest BCUT2D eigenvalue weighted by Crippen LogP contribution is 2.37. The number of ether oxygens (including phenoxy) is 1. The summed E-state index contributed by atoms with van der Waals surface area (Å²) in [6.07, 6.45) is 0. The second-order valence-electron chi connectivity index (χ2n) is 6.02. The van der Waals surface area contributed by atoms with Gasteiger partial charge in [-0.1, -0.05) is 42.5 Å². The molecule has 1 N–H and O–H groups in total. The average Bonchev–Trinajstić information content (AvgIpc) is 3.11. The molecule has 0 aliphatic carbocycles. The van der Waals surface area contributed by atoms with E-state index < -0.39 is 0 Å². The summed E-state index contributed by atoms with van der Waals surface area (Å²) in [5.74, 6) is 2.51. The minimum atomic E-state index is 0.694. The normalized spacial score (nSPS) is 10.8. The Morgan fingerprint density at radius 2 is 1.77 bits per heavy atom. The predicted molar refractivity (Wildman–Crippen MR) is 108 cm³/mol. The third-order valence-corrected chi connectivity index (χ3v) is 5.12. The van der Waals surface area contributed by atoms with E-state index in [2.05, 4.69) is 57.1 Å². The third kappa shape index (κ3) is 3.26. The molecule has 0 unspecified atom stereocenters. The highest BCUT2D eigenvalue weighted by atomic mass is 32.1.